The zero-order valence-electron chi connectivity index (χ0n) is 19.5. The van der Waals surface area contributed by atoms with Crippen LogP contribution < -0.4 is 0 Å². The Bertz CT molecular complexity index is 1270. The first-order valence-electron chi connectivity index (χ1n) is 11.7. The average molecular weight is 464 g/mol. The number of carbonyl (C=O) groups excluding carboxylic acids is 1. The van der Waals surface area contributed by atoms with Crippen molar-refractivity contribution in [3.63, 3.8) is 0 Å². The van der Waals surface area contributed by atoms with Gasteiger partial charge in [0.25, 0.3) is 0 Å². The van der Waals surface area contributed by atoms with E-state index in [2.05, 4.69) is 24.0 Å². The van der Waals surface area contributed by atoms with E-state index >= 15 is 0 Å². The number of benzene rings is 1. The van der Waals surface area contributed by atoms with Crippen molar-refractivity contribution in [3.8, 4) is 11.3 Å². The summed E-state index contributed by atoms with van der Waals surface area (Å²) in [6.45, 7) is 5.99. The van der Waals surface area contributed by atoms with Crippen molar-refractivity contribution < 1.29 is 18.7 Å². The zero-order valence-corrected chi connectivity index (χ0v) is 19.5. The Morgan fingerprint density at radius 2 is 1.85 bits per heavy atom. The Labute approximate surface area is 197 Å². The van der Waals surface area contributed by atoms with Gasteiger partial charge in [0.05, 0.1) is 34.2 Å². The first-order valence-corrected chi connectivity index (χ1v) is 11.7. The fraction of sp³-hybridized carbons (Fsp3) is 0.407. The summed E-state index contributed by atoms with van der Waals surface area (Å²) in [5, 5.41) is 18.3. The lowest BCUT2D eigenvalue weighted by Gasteiger charge is -2.37. The zero-order chi connectivity index (χ0) is 24.3. The molecule has 0 spiro atoms. The van der Waals surface area contributed by atoms with Crippen LogP contribution in [-0.2, 0) is 5.41 Å². The van der Waals surface area contributed by atoms with Crippen LogP contribution in [0, 0.1) is 17.0 Å². The van der Waals surface area contributed by atoms with Gasteiger partial charge in [-0.1, -0.05) is 26.0 Å². The van der Waals surface area contributed by atoms with Crippen molar-refractivity contribution in [2.45, 2.75) is 63.9 Å². The molecule has 2 heterocycles. The molecule has 1 saturated carbocycles. The minimum atomic E-state index is -0.670. The number of Topliss-reactive ketones (excluding diaryl/α,β-unsaturated/α-hetero) is 1. The van der Waals surface area contributed by atoms with Crippen LogP contribution in [0.3, 0.4) is 0 Å². The summed E-state index contributed by atoms with van der Waals surface area (Å²) in [5.41, 5.74) is 2.04. The normalized spacial score (nSPS) is 23.1. The molecule has 0 radical (unpaired) electrons. The number of hydrogen-bond donors (Lipinski definition) is 1. The Morgan fingerprint density at radius 1 is 1.15 bits per heavy atom. The Balaban J connectivity index is 1.61. The molecule has 1 fully saturated rings. The SMILES string of the molecule is C[C@H](O)CCC(=O)c1cccc([C@@]23CC[C@@H](c4cc(-c5c(F)cccc5F)nnc42)C3(C)C)n1. The van der Waals surface area contributed by atoms with E-state index < -0.39 is 23.2 Å². The molecule has 5 nitrogen and oxygen atoms in total. The van der Waals surface area contributed by atoms with E-state index in [0.717, 1.165) is 29.8 Å². The third-order valence-corrected chi connectivity index (χ3v) is 7.86. The molecule has 1 N–H and O–H groups in total. The van der Waals surface area contributed by atoms with Crippen molar-refractivity contribution >= 4 is 5.78 Å². The molecule has 0 aliphatic heterocycles. The van der Waals surface area contributed by atoms with Gasteiger partial charge in [0.15, 0.2) is 5.78 Å². The van der Waals surface area contributed by atoms with E-state index in [1.165, 1.54) is 18.2 Å². The molecular weight excluding hydrogens is 436 g/mol. The second-order valence-corrected chi connectivity index (χ2v) is 10.1. The van der Waals surface area contributed by atoms with Crippen LogP contribution >= 0.6 is 0 Å². The molecule has 176 valence electrons. The molecule has 2 aromatic heterocycles. The number of rotatable bonds is 6. The number of hydrogen-bond acceptors (Lipinski definition) is 5. The molecule has 0 saturated heterocycles. The van der Waals surface area contributed by atoms with Crippen LogP contribution in [0.25, 0.3) is 11.3 Å². The number of nitrogens with zero attached hydrogens (tertiary/aromatic N) is 3. The van der Waals surface area contributed by atoms with Crippen molar-refractivity contribution in [2.75, 3.05) is 0 Å². The monoisotopic (exact) mass is 463 g/mol. The van der Waals surface area contributed by atoms with Crippen molar-refractivity contribution in [3.05, 3.63) is 76.7 Å². The fourth-order valence-electron chi connectivity index (χ4n) is 6.05. The minimum absolute atomic E-state index is 0.110. The van der Waals surface area contributed by atoms with Gasteiger partial charge in [-0.05, 0) is 73.4 Å². The van der Waals surface area contributed by atoms with Gasteiger partial charge in [0.2, 0.25) is 0 Å². The first-order chi connectivity index (χ1) is 16.2. The van der Waals surface area contributed by atoms with Gasteiger partial charge in [-0.25, -0.2) is 13.8 Å². The minimum Gasteiger partial charge on any atom is -0.393 e. The van der Waals surface area contributed by atoms with Gasteiger partial charge < -0.3 is 5.11 Å². The number of fused-ring (bicyclic) bond motifs is 5. The topological polar surface area (TPSA) is 76.0 Å². The summed E-state index contributed by atoms with van der Waals surface area (Å²) in [7, 11) is 0. The van der Waals surface area contributed by atoms with E-state index in [-0.39, 0.29) is 34.8 Å². The molecule has 34 heavy (non-hydrogen) atoms. The fourth-order valence-corrected chi connectivity index (χ4v) is 6.05. The van der Waals surface area contributed by atoms with Gasteiger partial charge in [-0.2, -0.15) is 5.10 Å². The first kappa shape index (κ1) is 22.7. The Kier molecular flexibility index (Phi) is 5.35. The molecule has 0 unspecified atom stereocenters. The van der Waals surface area contributed by atoms with Crippen LogP contribution in [0.15, 0.2) is 42.5 Å². The van der Waals surface area contributed by atoms with Gasteiger partial charge in [-0.3, -0.25) is 4.79 Å². The third-order valence-electron chi connectivity index (χ3n) is 7.86. The second-order valence-electron chi connectivity index (χ2n) is 10.1. The maximum absolute atomic E-state index is 14.4. The van der Waals surface area contributed by atoms with Gasteiger partial charge in [0.1, 0.15) is 17.3 Å². The molecule has 2 bridgehead atoms. The van der Waals surface area contributed by atoms with Crippen LogP contribution in [-0.4, -0.2) is 32.2 Å². The largest absolute Gasteiger partial charge is 0.393 e. The smallest absolute Gasteiger partial charge is 0.181 e. The molecule has 0 amide bonds. The van der Waals surface area contributed by atoms with Gasteiger partial charge in [-0.15, -0.1) is 5.10 Å². The quantitative estimate of drug-likeness (QED) is 0.498. The van der Waals surface area contributed by atoms with Crippen LogP contribution in [0.5, 0.6) is 0 Å². The number of pyridine rings is 1. The van der Waals surface area contributed by atoms with E-state index in [0.29, 0.717) is 12.1 Å². The highest BCUT2D eigenvalue weighted by atomic mass is 19.1. The molecule has 7 heteroatoms. The van der Waals surface area contributed by atoms with Crippen LogP contribution in [0.1, 0.15) is 79.8 Å². The van der Waals surface area contributed by atoms with Crippen LogP contribution in [0.4, 0.5) is 8.78 Å². The predicted octanol–water partition coefficient (Wildman–Crippen LogP) is 5.36. The van der Waals surface area contributed by atoms with E-state index in [9.17, 15) is 18.7 Å². The molecule has 3 atom stereocenters. The number of carbonyl (C=O) groups is 1. The maximum Gasteiger partial charge on any atom is 0.181 e. The lowest BCUT2D eigenvalue weighted by molar-refractivity contribution is 0.0943. The standard InChI is InChI=1S/C27H27F2N3O2/c1-15(33)10-11-22(34)20-8-5-9-23(30-20)27-13-12-17(26(27,2)3)16-14-21(31-32-25(16)27)24-18(28)6-4-7-19(24)29/h4-9,14-15,17,33H,10-13H2,1-3H3/t15-,17-,27-/m0/s1. The van der Waals surface area contributed by atoms with Crippen LogP contribution in [0.2, 0.25) is 0 Å². The maximum atomic E-state index is 14.4. The highest BCUT2D eigenvalue weighted by Crippen LogP contribution is 2.69. The van der Waals surface area contributed by atoms with Gasteiger partial charge >= 0.3 is 0 Å². The predicted molar refractivity (Wildman–Crippen MR) is 123 cm³/mol. The summed E-state index contributed by atoms with van der Waals surface area (Å²) < 4.78 is 28.9. The van der Waals surface area contributed by atoms with E-state index in [1.54, 1.807) is 19.1 Å². The lowest BCUT2D eigenvalue weighted by Crippen LogP contribution is -2.38. The summed E-state index contributed by atoms with van der Waals surface area (Å²) >= 11 is 0. The summed E-state index contributed by atoms with van der Waals surface area (Å²) in [4.78, 5) is 17.5. The number of ketones is 1. The van der Waals surface area contributed by atoms with E-state index in [4.69, 9.17) is 4.98 Å². The average Bonchev–Trinajstić information content (AvgIpc) is 3.18. The number of aliphatic hydroxyl groups is 1. The molecule has 2 aliphatic rings. The molecule has 5 rings (SSSR count). The number of aromatic nitrogens is 3. The molecule has 1 aromatic carbocycles. The van der Waals surface area contributed by atoms with Gasteiger partial charge in [0, 0.05) is 6.42 Å². The van der Waals surface area contributed by atoms with Crippen molar-refractivity contribution in [1.82, 2.24) is 15.2 Å². The number of aliphatic hydroxyl groups excluding tert-OH is 1. The second kappa shape index (κ2) is 8.01. The van der Waals surface area contributed by atoms with Crippen molar-refractivity contribution in [2.24, 2.45) is 5.41 Å². The molecule has 3 aromatic rings. The molecule has 2 aliphatic carbocycles. The highest BCUT2D eigenvalue weighted by Gasteiger charge is 2.65. The third kappa shape index (κ3) is 3.21. The Hall–Kier alpha value is -3.06. The Morgan fingerprint density at radius 3 is 2.56 bits per heavy atom. The van der Waals surface area contributed by atoms with Crippen molar-refractivity contribution in [1.29, 1.82) is 0 Å². The number of halogens is 2. The molecular formula is C27H27F2N3O2. The summed E-state index contributed by atoms with van der Waals surface area (Å²) in [6.07, 6.45) is 1.74. The summed E-state index contributed by atoms with van der Waals surface area (Å²) in [5.74, 6) is -1.32. The highest BCUT2D eigenvalue weighted by molar-refractivity contribution is 5.94. The lowest BCUT2D eigenvalue weighted by atomic mass is 9.66. The van der Waals surface area contributed by atoms with E-state index in [1.807, 2.05) is 12.1 Å². The summed E-state index contributed by atoms with van der Waals surface area (Å²) in [6, 6.07) is 11.0.